The van der Waals surface area contributed by atoms with E-state index in [9.17, 15) is 23.2 Å². The van der Waals surface area contributed by atoms with Crippen LogP contribution in [-0.4, -0.2) is 11.5 Å². The van der Waals surface area contributed by atoms with Gasteiger partial charge in [-0.15, -0.1) is 0 Å². The van der Waals surface area contributed by atoms with Crippen molar-refractivity contribution in [3.05, 3.63) is 46.7 Å². The van der Waals surface area contributed by atoms with Gasteiger partial charge in [-0.25, -0.2) is 0 Å². The fourth-order valence-corrected chi connectivity index (χ4v) is 3.54. The van der Waals surface area contributed by atoms with E-state index >= 15 is 0 Å². The average molecular weight is 332 g/mol. The molecule has 2 aliphatic rings. The lowest BCUT2D eigenvalue weighted by atomic mass is 9.71. The van der Waals surface area contributed by atoms with E-state index in [1.165, 1.54) is 18.2 Å². The van der Waals surface area contributed by atoms with Crippen LogP contribution in [-0.2, 0) is 11.0 Å². The molecule has 0 bridgehead atoms. The molecule has 1 aliphatic heterocycles. The normalized spacial score (nSPS) is 24.3. The largest absolute Gasteiger partial charge is 0.416 e. The number of carbonyl (C=O) groups is 1. The van der Waals surface area contributed by atoms with Gasteiger partial charge in [0, 0.05) is 29.3 Å². The molecule has 6 heteroatoms. The molecule has 3 nitrogen and oxygen atoms in total. The molecule has 1 unspecified atom stereocenters. The first kappa shape index (κ1) is 16.4. The van der Waals surface area contributed by atoms with Crippen molar-refractivity contribution in [3.8, 4) is 6.07 Å². The zero-order valence-electron chi connectivity index (χ0n) is 13.0. The van der Waals surface area contributed by atoms with Crippen LogP contribution in [0.25, 0.3) is 0 Å². The maximum atomic E-state index is 13.4. The molecular weight excluding hydrogens is 317 g/mol. The van der Waals surface area contributed by atoms with Crippen molar-refractivity contribution in [2.45, 2.75) is 38.3 Å². The maximum absolute atomic E-state index is 13.4. The van der Waals surface area contributed by atoms with Gasteiger partial charge in [0.25, 0.3) is 0 Å². The number of carbonyl (C=O) groups excluding carboxylic acids is 1. The minimum Gasteiger partial charge on any atom is -0.294 e. The van der Waals surface area contributed by atoms with E-state index in [4.69, 9.17) is 0 Å². The first-order chi connectivity index (χ1) is 11.3. The number of halogens is 3. The van der Waals surface area contributed by atoms with E-state index in [1.54, 1.807) is 6.92 Å². The third-order valence-corrected chi connectivity index (χ3v) is 4.57. The Morgan fingerprint density at radius 3 is 2.62 bits per heavy atom. The summed E-state index contributed by atoms with van der Waals surface area (Å²) in [5.74, 6) is -1.97. The van der Waals surface area contributed by atoms with E-state index in [2.05, 4.69) is 4.99 Å². The van der Waals surface area contributed by atoms with Crippen LogP contribution in [0.4, 0.5) is 13.2 Å². The third kappa shape index (κ3) is 2.64. The highest BCUT2D eigenvalue weighted by molar-refractivity contribution is 6.03. The Morgan fingerprint density at radius 1 is 1.25 bits per heavy atom. The summed E-state index contributed by atoms with van der Waals surface area (Å²) in [5, 5.41) is 9.52. The van der Waals surface area contributed by atoms with Gasteiger partial charge >= 0.3 is 6.18 Å². The fraction of sp³-hybridized carbons (Fsp3) is 0.389. The van der Waals surface area contributed by atoms with Crippen molar-refractivity contribution >= 4 is 11.5 Å². The number of Topliss-reactive ketones (excluding diaryl/α,β-unsaturated/α-hetero) is 1. The smallest absolute Gasteiger partial charge is 0.294 e. The Morgan fingerprint density at radius 2 is 1.96 bits per heavy atom. The van der Waals surface area contributed by atoms with Crippen molar-refractivity contribution in [1.29, 1.82) is 5.26 Å². The van der Waals surface area contributed by atoms with E-state index in [-0.39, 0.29) is 23.3 Å². The van der Waals surface area contributed by atoms with Crippen molar-refractivity contribution in [2.24, 2.45) is 10.9 Å². The van der Waals surface area contributed by atoms with Gasteiger partial charge in [-0.1, -0.05) is 18.2 Å². The molecule has 1 aliphatic carbocycles. The molecule has 0 saturated heterocycles. The number of allylic oxidation sites excluding steroid dienone is 2. The summed E-state index contributed by atoms with van der Waals surface area (Å²) in [7, 11) is 0. The highest BCUT2D eigenvalue weighted by Gasteiger charge is 2.43. The van der Waals surface area contributed by atoms with Crippen LogP contribution in [0.3, 0.4) is 0 Å². The summed E-state index contributed by atoms with van der Waals surface area (Å²) in [6.45, 7) is 1.64. The quantitative estimate of drug-likeness (QED) is 0.765. The summed E-state index contributed by atoms with van der Waals surface area (Å²) >= 11 is 0. The summed E-state index contributed by atoms with van der Waals surface area (Å²) in [6.07, 6.45) is -3.06. The van der Waals surface area contributed by atoms with Crippen molar-refractivity contribution in [3.63, 3.8) is 0 Å². The fourth-order valence-electron chi connectivity index (χ4n) is 3.54. The summed E-state index contributed by atoms with van der Waals surface area (Å²) in [4.78, 5) is 16.8. The molecule has 1 heterocycles. The minimum absolute atomic E-state index is 0.0199. The van der Waals surface area contributed by atoms with Gasteiger partial charge in [-0.3, -0.25) is 9.79 Å². The average Bonchev–Trinajstić information content (AvgIpc) is 2.53. The van der Waals surface area contributed by atoms with Gasteiger partial charge in [0.15, 0.2) is 5.78 Å². The minimum atomic E-state index is -4.54. The lowest BCUT2D eigenvalue weighted by molar-refractivity contribution is -0.138. The first-order valence-electron chi connectivity index (χ1n) is 7.71. The van der Waals surface area contributed by atoms with Crippen LogP contribution in [0.5, 0.6) is 0 Å². The number of ketones is 1. The van der Waals surface area contributed by atoms with Gasteiger partial charge in [0.1, 0.15) is 0 Å². The number of nitriles is 1. The summed E-state index contributed by atoms with van der Waals surface area (Å²) in [6, 6.07) is 7.23. The van der Waals surface area contributed by atoms with E-state index < -0.39 is 23.6 Å². The van der Waals surface area contributed by atoms with Gasteiger partial charge in [-0.05, 0) is 31.4 Å². The molecular formula is C18H15F3N2O. The number of rotatable bonds is 1. The molecule has 0 radical (unpaired) electrons. The highest BCUT2D eigenvalue weighted by Crippen LogP contribution is 2.46. The molecule has 3 rings (SSSR count). The zero-order chi connectivity index (χ0) is 17.5. The molecule has 0 amide bonds. The number of hydrogen-bond donors (Lipinski definition) is 0. The standard InChI is InChI=1S/C18H15F3N2O/c1-10-12(9-22)16(17-14(23-10)7-4-8-15(17)24)11-5-2-3-6-13(11)18(19,20)21/h2-3,5-6,12,16H,4,7-8H2,1H3/t12?,16-/m0/s1. The van der Waals surface area contributed by atoms with E-state index in [0.717, 1.165) is 6.07 Å². The monoisotopic (exact) mass is 332 g/mol. The first-order valence-corrected chi connectivity index (χ1v) is 7.71. The lowest BCUT2D eigenvalue weighted by Crippen LogP contribution is -2.32. The van der Waals surface area contributed by atoms with E-state index in [0.29, 0.717) is 24.3 Å². The second kappa shape index (κ2) is 5.90. The van der Waals surface area contributed by atoms with Crippen LogP contribution >= 0.6 is 0 Å². The van der Waals surface area contributed by atoms with Crippen LogP contribution in [0.15, 0.2) is 40.5 Å². The topological polar surface area (TPSA) is 53.2 Å². The van der Waals surface area contributed by atoms with Crippen LogP contribution in [0, 0.1) is 17.2 Å². The van der Waals surface area contributed by atoms with Crippen LogP contribution in [0.2, 0.25) is 0 Å². The number of aliphatic imine (C=N–C) groups is 1. The molecule has 124 valence electrons. The van der Waals surface area contributed by atoms with Crippen LogP contribution < -0.4 is 0 Å². The molecule has 1 aromatic rings. The number of nitrogens with zero attached hydrogens (tertiary/aromatic N) is 2. The van der Waals surface area contributed by atoms with Gasteiger partial charge < -0.3 is 0 Å². The van der Waals surface area contributed by atoms with Gasteiger partial charge in [0.05, 0.1) is 17.6 Å². The van der Waals surface area contributed by atoms with Crippen molar-refractivity contribution in [2.75, 3.05) is 0 Å². The Kier molecular flexibility index (Phi) is 4.04. The Bertz CT molecular complexity index is 799. The van der Waals surface area contributed by atoms with E-state index in [1.807, 2.05) is 6.07 Å². The van der Waals surface area contributed by atoms with Crippen LogP contribution in [0.1, 0.15) is 43.2 Å². The Hall–Kier alpha value is -2.42. The summed E-state index contributed by atoms with van der Waals surface area (Å²) in [5.41, 5.74) is 0.476. The predicted molar refractivity (Wildman–Crippen MR) is 82.3 cm³/mol. The molecule has 1 aromatic carbocycles. The second-order valence-corrected chi connectivity index (χ2v) is 6.06. The molecule has 2 atom stereocenters. The third-order valence-electron chi connectivity index (χ3n) is 4.57. The lowest BCUT2D eigenvalue weighted by Gasteiger charge is -2.33. The second-order valence-electron chi connectivity index (χ2n) is 6.06. The zero-order valence-corrected chi connectivity index (χ0v) is 13.0. The molecule has 0 spiro atoms. The Balaban J connectivity index is 2.25. The number of hydrogen-bond acceptors (Lipinski definition) is 3. The molecule has 0 saturated carbocycles. The maximum Gasteiger partial charge on any atom is 0.416 e. The predicted octanol–water partition coefficient (Wildman–Crippen LogP) is 4.41. The number of benzene rings is 1. The molecule has 0 N–H and O–H groups in total. The van der Waals surface area contributed by atoms with Crippen molar-refractivity contribution < 1.29 is 18.0 Å². The molecule has 0 fully saturated rings. The number of alkyl halides is 3. The Labute approximate surface area is 137 Å². The van der Waals surface area contributed by atoms with Gasteiger partial charge in [0.2, 0.25) is 0 Å². The van der Waals surface area contributed by atoms with Crippen molar-refractivity contribution in [1.82, 2.24) is 0 Å². The SMILES string of the molecule is CC1=NC2=C(C(=O)CCC2)[C@@H](c2ccccc2C(F)(F)F)C1C#N. The summed E-state index contributed by atoms with van der Waals surface area (Å²) < 4.78 is 40.3. The van der Waals surface area contributed by atoms with Gasteiger partial charge in [-0.2, -0.15) is 18.4 Å². The molecule has 0 aromatic heterocycles. The highest BCUT2D eigenvalue weighted by atomic mass is 19.4. The molecule has 24 heavy (non-hydrogen) atoms.